The Morgan fingerprint density at radius 1 is 0.846 bits per heavy atom. The maximum Gasteiger partial charge on any atom is 0.277 e. The molecule has 1 N–H and O–H groups in total. The second-order valence-electron chi connectivity index (χ2n) is 9.67. The minimum Gasteiger partial charge on any atom is -0.319 e. The minimum absolute atomic E-state index is 0.0362. The number of rotatable bonds is 9. The number of pyridine rings is 1. The molecule has 3 aromatic carbocycles. The van der Waals surface area contributed by atoms with Crippen molar-refractivity contribution >= 4 is 11.0 Å². The van der Waals surface area contributed by atoms with Crippen molar-refractivity contribution in [2.75, 3.05) is 0 Å². The molecule has 0 aliphatic carbocycles. The summed E-state index contributed by atoms with van der Waals surface area (Å²) >= 11 is 0. The van der Waals surface area contributed by atoms with E-state index in [1.807, 2.05) is 60.8 Å². The van der Waals surface area contributed by atoms with Gasteiger partial charge >= 0.3 is 0 Å². The molecule has 6 rings (SSSR count). The average Bonchev–Trinajstić information content (AvgIpc) is 3.63. The first-order valence-corrected chi connectivity index (χ1v) is 13.3. The van der Waals surface area contributed by atoms with E-state index in [4.69, 9.17) is 4.98 Å². The maximum absolute atomic E-state index is 13.8. The highest BCUT2D eigenvalue weighted by Gasteiger charge is 2.18. The normalized spacial score (nSPS) is 11.3. The summed E-state index contributed by atoms with van der Waals surface area (Å²) in [5, 5.41) is 14.9. The molecule has 39 heavy (non-hydrogen) atoms. The highest BCUT2D eigenvalue weighted by molar-refractivity contribution is 5.81. The Balaban J connectivity index is 1.45. The average molecular weight is 516 g/mol. The van der Waals surface area contributed by atoms with Gasteiger partial charge in [-0.2, -0.15) is 5.21 Å². The summed E-state index contributed by atoms with van der Waals surface area (Å²) in [4.78, 5) is 18.7. The van der Waals surface area contributed by atoms with Gasteiger partial charge in [0.2, 0.25) is 5.82 Å². The number of tetrazole rings is 1. The van der Waals surface area contributed by atoms with Gasteiger partial charge in [-0.25, -0.2) is 4.98 Å². The number of aromatic nitrogens is 7. The van der Waals surface area contributed by atoms with Crippen LogP contribution in [0.2, 0.25) is 0 Å². The molecule has 0 saturated carbocycles. The van der Waals surface area contributed by atoms with Crippen LogP contribution in [0.4, 0.5) is 0 Å². The number of H-pyrrole nitrogens is 1. The van der Waals surface area contributed by atoms with Crippen LogP contribution in [0.15, 0.2) is 95.9 Å². The van der Waals surface area contributed by atoms with E-state index in [0.717, 1.165) is 58.4 Å². The standard InChI is InChI=1S/C31H29N7O/c1-2-3-14-28-32-27-17-18-37(20-22-10-6-4-7-11-22)31(39)29(27)38(28)21-23-15-16-25(24-12-8-5-9-13-24)26(19-23)30-33-35-36-34-30/h4-13,15-19H,2-3,14,20-21H2,1H3,(H,33,34,35,36). The van der Waals surface area contributed by atoms with Crippen LogP contribution in [0, 0.1) is 0 Å². The van der Waals surface area contributed by atoms with Crippen molar-refractivity contribution in [2.24, 2.45) is 0 Å². The van der Waals surface area contributed by atoms with Gasteiger partial charge in [0, 0.05) is 24.7 Å². The highest BCUT2D eigenvalue weighted by Crippen LogP contribution is 2.31. The number of nitrogens with zero attached hydrogens (tertiary/aromatic N) is 6. The fourth-order valence-corrected chi connectivity index (χ4v) is 5.03. The lowest BCUT2D eigenvalue weighted by Gasteiger charge is -2.13. The minimum atomic E-state index is -0.0362. The van der Waals surface area contributed by atoms with Gasteiger partial charge in [-0.3, -0.25) is 4.79 Å². The van der Waals surface area contributed by atoms with Crippen LogP contribution in [-0.4, -0.2) is 34.7 Å². The molecule has 0 bridgehead atoms. The third-order valence-electron chi connectivity index (χ3n) is 6.99. The summed E-state index contributed by atoms with van der Waals surface area (Å²) in [6.45, 7) is 3.19. The number of imidazole rings is 1. The highest BCUT2D eigenvalue weighted by atomic mass is 16.1. The Morgan fingerprint density at radius 3 is 2.38 bits per heavy atom. The quantitative estimate of drug-likeness (QED) is 0.275. The molecule has 0 saturated heterocycles. The van der Waals surface area contributed by atoms with Gasteiger partial charge in [-0.15, -0.1) is 10.2 Å². The van der Waals surface area contributed by atoms with Crippen molar-refractivity contribution in [3.05, 3.63) is 118 Å². The van der Waals surface area contributed by atoms with E-state index in [0.29, 0.717) is 24.4 Å². The molecule has 194 valence electrons. The first-order valence-electron chi connectivity index (χ1n) is 13.3. The second kappa shape index (κ2) is 10.9. The first kappa shape index (κ1) is 24.5. The summed E-state index contributed by atoms with van der Waals surface area (Å²) in [7, 11) is 0. The van der Waals surface area contributed by atoms with E-state index >= 15 is 0 Å². The smallest absolute Gasteiger partial charge is 0.277 e. The van der Waals surface area contributed by atoms with Crippen molar-refractivity contribution in [2.45, 2.75) is 39.3 Å². The molecular weight excluding hydrogens is 486 g/mol. The van der Waals surface area contributed by atoms with Gasteiger partial charge < -0.3 is 9.13 Å². The molecule has 0 unspecified atom stereocenters. The van der Waals surface area contributed by atoms with E-state index in [-0.39, 0.29) is 5.56 Å². The van der Waals surface area contributed by atoms with Gasteiger partial charge in [-0.05, 0) is 46.0 Å². The predicted octanol–water partition coefficient (Wildman–Crippen LogP) is 5.48. The predicted molar refractivity (Wildman–Crippen MR) is 152 cm³/mol. The van der Waals surface area contributed by atoms with Crippen molar-refractivity contribution in [1.29, 1.82) is 0 Å². The molecule has 0 atom stereocenters. The number of hydrogen-bond donors (Lipinski definition) is 1. The van der Waals surface area contributed by atoms with Crippen molar-refractivity contribution in [3.8, 4) is 22.5 Å². The van der Waals surface area contributed by atoms with E-state index < -0.39 is 0 Å². The lowest BCUT2D eigenvalue weighted by Crippen LogP contribution is -2.22. The molecule has 0 fully saturated rings. The topological polar surface area (TPSA) is 94.3 Å². The van der Waals surface area contributed by atoms with Gasteiger partial charge in [-0.1, -0.05) is 86.1 Å². The Labute approximate surface area is 226 Å². The van der Waals surface area contributed by atoms with Gasteiger partial charge in [0.1, 0.15) is 11.3 Å². The monoisotopic (exact) mass is 515 g/mol. The number of nitrogens with one attached hydrogen (secondary N) is 1. The Morgan fingerprint density at radius 2 is 1.64 bits per heavy atom. The van der Waals surface area contributed by atoms with E-state index in [1.165, 1.54) is 0 Å². The molecule has 6 aromatic rings. The number of hydrogen-bond acceptors (Lipinski definition) is 5. The Kier molecular flexibility index (Phi) is 6.82. The third-order valence-corrected chi connectivity index (χ3v) is 6.99. The van der Waals surface area contributed by atoms with Crippen LogP contribution in [-0.2, 0) is 19.5 Å². The fraction of sp³-hybridized carbons (Fsp3) is 0.194. The summed E-state index contributed by atoms with van der Waals surface area (Å²) in [5.41, 5.74) is 6.42. The molecule has 8 heteroatoms. The maximum atomic E-state index is 13.8. The van der Waals surface area contributed by atoms with Crippen LogP contribution in [0.5, 0.6) is 0 Å². The Bertz CT molecular complexity index is 1750. The molecule has 0 radical (unpaired) electrons. The van der Waals surface area contributed by atoms with Crippen LogP contribution >= 0.6 is 0 Å². The van der Waals surface area contributed by atoms with Crippen LogP contribution in [0.1, 0.15) is 36.7 Å². The fourth-order valence-electron chi connectivity index (χ4n) is 5.03. The summed E-state index contributed by atoms with van der Waals surface area (Å²) in [5.74, 6) is 1.46. The van der Waals surface area contributed by atoms with Crippen molar-refractivity contribution < 1.29 is 0 Å². The molecule has 8 nitrogen and oxygen atoms in total. The summed E-state index contributed by atoms with van der Waals surface area (Å²) in [6.07, 6.45) is 4.71. The Hall–Kier alpha value is -4.85. The first-order chi connectivity index (χ1) is 19.2. The number of fused-ring (bicyclic) bond motifs is 1. The SMILES string of the molecule is CCCCc1nc2ccn(Cc3ccccc3)c(=O)c2n1Cc1ccc(-c2ccccc2)c(-c2nn[nH]n2)c1. The lowest BCUT2D eigenvalue weighted by atomic mass is 9.97. The molecule has 3 aromatic heterocycles. The van der Waals surface area contributed by atoms with Crippen molar-refractivity contribution in [1.82, 2.24) is 34.7 Å². The molecular formula is C31H29N7O. The van der Waals surface area contributed by atoms with Crippen LogP contribution < -0.4 is 5.56 Å². The van der Waals surface area contributed by atoms with Gasteiger partial charge in [0.15, 0.2) is 0 Å². The lowest BCUT2D eigenvalue weighted by molar-refractivity contribution is 0.684. The molecule has 0 spiro atoms. The number of unbranched alkanes of at least 4 members (excludes halogenated alkanes) is 1. The molecule has 0 aliphatic heterocycles. The molecule has 0 amide bonds. The summed E-state index contributed by atoms with van der Waals surface area (Å²) in [6, 6.07) is 28.4. The largest absolute Gasteiger partial charge is 0.319 e. The van der Waals surface area contributed by atoms with E-state index in [9.17, 15) is 4.79 Å². The van der Waals surface area contributed by atoms with Crippen LogP contribution in [0.25, 0.3) is 33.5 Å². The number of benzene rings is 3. The zero-order valence-corrected chi connectivity index (χ0v) is 21.8. The van der Waals surface area contributed by atoms with E-state index in [2.05, 4.69) is 62.4 Å². The zero-order chi connectivity index (χ0) is 26.6. The van der Waals surface area contributed by atoms with Gasteiger partial charge in [0.05, 0.1) is 12.1 Å². The molecule has 0 aliphatic rings. The second-order valence-corrected chi connectivity index (χ2v) is 9.67. The number of aryl methyl sites for hydroxylation is 1. The third kappa shape index (κ3) is 5.01. The van der Waals surface area contributed by atoms with E-state index in [1.54, 1.807) is 4.57 Å². The van der Waals surface area contributed by atoms with Gasteiger partial charge in [0.25, 0.3) is 5.56 Å². The summed E-state index contributed by atoms with van der Waals surface area (Å²) < 4.78 is 3.86. The molecule has 3 heterocycles. The van der Waals surface area contributed by atoms with Crippen LogP contribution in [0.3, 0.4) is 0 Å². The van der Waals surface area contributed by atoms with Crippen molar-refractivity contribution in [3.63, 3.8) is 0 Å². The zero-order valence-electron chi connectivity index (χ0n) is 21.8. The number of aromatic amines is 1.